The lowest BCUT2D eigenvalue weighted by molar-refractivity contribution is -0.0413. The summed E-state index contributed by atoms with van der Waals surface area (Å²) in [5.74, 6) is -0.0599. The van der Waals surface area contributed by atoms with Crippen molar-refractivity contribution in [3.05, 3.63) is 29.6 Å². The predicted molar refractivity (Wildman–Crippen MR) is 70.8 cm³/mol. The highest BCUT2D eigenvalue weighted by Crippen LogP contribution is 2.34. The van der Waals surface area contributed by atoms with E-state index in [1.807, 2.05) is 20.8 Å². The fourth-order valence-electron chi connectivity index (χ4n) is 1.49. The largest absolute Gasteiger partial charge is 0.467 e. The summed E-state index contributed by atoms with van der Waals surface area (Å²) in [5.41, 5.74) is -1.33. The average Bonchev–Trinajstić information content (AvgIpc) is 2.22. The number of rotatable bonds is 3. The standard InChI is InChI=1S/C14H20FNO3/c1-9-10(15)7-6-8-11(9)19-14(5,13(2,3)4)16-12(17)18/h6-8,16H,1-5H3,(H,17,18). The molecule has 19 heavy (non-hydrogen) atoms. The van der Waals surface area contributed by atoms with Gasteiger partial charge < -0.3 is 9.84 Å². The summed E-state index contributed by atoms with van der Waals surface area (Å²) in [6.45, 7) is 8.76. The summed E-state index contributed by atoms with van der Waals surface area (Å²) in [6, 6.07) is 4.48. The monoisotopic (exact) mass is 269 g/mol. The third-order valence-electron chi connectivity index (χ3n) is 3.31. The molecular formula is C14H20FNO3. The molecule has 106 valence electrons. The van der Waals surface area contributed by atoms with Crippen molar-refractivity contribution in [1.29, 1.82) is 0 Å². The lowest BCUT2D eigenvalue weighted by Crippen LogP contribution is -2.58. The van der Waals surface area contributed by atoms with E-state index in [1.165, 1.54) is 12.1 Å². The number of ether oxygens (including phenoxy) is 1. The molecule has 0 fully saturated rings. The summed E-state index contributed by atoms with van der Waals surface area (Å²) < 4.78 is 19.3. The maximum Gasteiger partial charge on any atom is 0.407 e. The Kier molecular flexibility index (Phi) is 4.08. The topological polar surface area (TPSA) is 58.6 Å². The van der Waals surface area contributed by atoms with Crippen LogP contribution in [-0.4, -0.2) is 16.9 Å². The lowest BCUT2D eigenvalue weighted by Gasteiger charge is -2.41. The Labute approximate surface area is 112 Å². The van der Waals surface area contributed by atoms with E-state index >= 15 is 0 Å². The number of halogens is 1. The highest BCUT2D eigenvalue weighted by atomic mass is 19.1. The number of benzene rings is 1. The normalized spacial score (nSPS) is 14.6. The third kappa shape index (κ3) is 3.36. The first kappa shape index (κ1) is 15.3. The van der Waals surface area contributed by atoms with Crippen LogP contribution in [0.25, 0.3) is 0 Å². The van der Waals surface area contributed by atoms with Crippen molar-refractivity contribution in [3.63, 3.8) is 0 Å². The molecule has 0 radical (unpaired) electrons. The molecule has 1 amide bonds. The molecule has 4 nitrogen and oxygen atoms in total. The first-order chi connectivity index (χ1) is 8.57. The Bertz CT molecular complexity index is 482. The van der Waals surface area contributed by atoms with Crippen molar-refractivity contribution >= 4 is 6.09 Å². The highest BCUT2D eigenvalue weighted by molar-refractivity contribution is 5.65. The van der Waals surface area contributed by atoms with Crippen LogP contribution >= 0.6 is 0 Å². The Morgan fingerprint density at radius 2 is 1.89 bits per heavy atom. The van der Waals surface area contributed by atoms with Crippen LogP contribution in [0.1, 0.15) is 33.3 Å². The molecule has 0 aliphatic carbocycles. The first-order valence-electron chi connectivity index (χ1n) is 6.02. The van der Waals surface area contributed by atoms with Crippen LogP contribution in [0.3, 0.4) is 0 Å². The van der Waals surface area contributed by atoms with Gasteiger partial charge in [0.25, 0.3) is 0 Å². The van der Waals surface area contributed by atoms with E-state index in [2.05, 4.69) is 5.32 Å². The molecule has 1 rings (SSSR count). The quantitative estimate of drug-likeness (QED) is 0.825. The van der Waals surface area contributed by atoms with E-state index in [0.29, 0.717) is 11.3 Å². The SMILES string of the molecule is Cc1c(F)cccc1OC(C)(NC(=O)O)C(C)(C)C. The van der Waals surface area contributed by atoms with Crippen molar-refractivity contribution in [2.75, 3.05) is 0 Å². The minimum absolute atomic E-state index is 0.325. The molecule has 1 aromatic rings. The molecule has 0 spiro atoms. The molecule has 1 unspecified atom stereocenters. The second-order valence-corrected chi connectivity index (χ2v) is 5.68. The van der Waals surface area contributed by atoms with Gasteiger partial charge in [-0.3, -0.25) is 5.32 Å². The number of hydrogen-bond donors (Lipinski definition) is 2. The summed E-state index contributed by atoms with van der Waals surface area (Å²) in [6.07, 6.45) is -1.19. The van der Waals surface area contributed by atoms with Gasteiger partial charge in [0.15, 0.2) is 5.72 Å². The Balaban J connectivity index is 3.15. The number of carboxylic acid groups (broad SMARTS) is 1. The second kappa shape index (κ2) is 5.07. The highest BCUT2D eigenvalue weighted by Gasteiger charge is 2.42. The molecule has 0 bridgehead atoms. The predicted octanol–water partition coefficient (Wildman–Crippen LogP) is 3.54. The maximum atomic E-state index is 13.5. The van der Waals surface area contributed by atoms with Crippen molar-refractivity contribution in [2.45, 2.75) is 40.3 Å². The Morgan fingerprint density at radius 3 is 2.37 bits per heavy atom. The Morgan fingerprint density at radius 1 is 1.32 bits per heavy atom. The van der Waals surface area contributed by atoms with E-state index < -0.39 is 17.2 Å². The van der Waals surface area contributed by atoms with E-state index in [1.54, 1.807) is 19.9 Å². The summed E-state index contributed by atoms with van der Waals surface area (Å²) >= 11 is 0. The van der Waals surface area contributed by atoms with Gasteiger partial charge in [0.2, 0.25) is 0 Å². The number of amides is 1. The Hall–Kier alpha value is -1.78. The van der Waals surface area contributed by atoms with Crippen LogP contribution in [0.5, 0.6) is 5.75 Å². The van der Waals surface area contributed by atoms with Crippen LogP contribution in [0, 0.1) is 18.2 Å². The fourth-order valence-corrected chi connectivity index (χ4v) is 1.49. The smallest absolute Gasteiger partial charge is 0.407 e. The number of carbonyl (C=O) groups is 1. The summed E-state index contributed by atoms with van der Waals surface area (Å²) in [7, 11) is 0. The molecule has 1 atom stereocenters. The third-order valence-corrected chi connectivity index (χ3v) is 3.31. The minimum atomic E-state index is -1.19. The van der Waals surface area contributed by atoms with Crippen molar-refractivity contribution in [3.8, 4) is 5.75 Å². The number of hydrogen-bond acceptors (Lipinski definition) is 2. The maximum absolute atomic E-state index is 13.5. The molecule has 0 saturated carbocycles. The van der Waals surface area contributed by atoms with Gasteiger partial charge in [-0.1, -0.05) is 26.8 Å². The minimum Gasteiger partial charge on any atom is -0.467 e. The van der Waals surface area contributed by atoms with E-state index in [9.17, 15) is 9.18 Å². The van der Waals surface area contributed by atoms with Gasteiger partial charge in [0.05, 0.1) is 0 Å². The lowest BCUT2D eigenvalue weighted by atomic mass is 9.84. The van der Waals surface area contributed by atoms with E-state index in [4.69, 9.17) is 9.84 Å². The fraction of sp³-hybridized carbons (Fsp3) is 0.500. The van der Waals surface area contributed by atoms with Crippen LogP contribution in [0.4, 0.5) is 9.18 Å². The molecule has 0 saturated heterocycles. The molecule has 0 aromatic heterocycles. The van der Waals surface area contributed by atoms with Gasteiger partial charge in [0, 0.05) is 11.0 Å². The molecule has 2 N–H and O–H groups in total. The van der Waals surface area contributed by atoms with Gasteiger partial charge >= 0.3 is 6.09 Å². The van der Waals surface area contributed by atoms with E-state index in [-0.39, 0.29) is 5.82 Å². The van der Waals surface area contributed by atoms with Gasteiger partial charge in [-0.25, -0.2) is 9.18 Å². The van der Waals surface area contributed by atoms with E-state index in [0.717, 1.165) is 0 Å². The second-order valence-electron chi connectivity index (χ2n) is 5.68. The first-order valence-corrected chi connectivity index (χ1v) is 6.02. The van der Waals surface area contributed by atoms with Gasteiger partial charge in [-0.15, -0.1) is 0 Å². The summed E-state index contributed by atoms with van der Waals surface area (Å²) in [5, 5.41) is 11.3. The molecule has 5 heteroatoms. The zero-order valence-corrected chi connectivity index (χ0v) is 11.9. The van der Waals surface area contributed by atoms with Crippen LogP contribution in [-0.2, 0) is 0 Å². The number of nitrogens with one attached hydrogen (secondary N) is 1. The summed E-state index contributed by atoms with van der Waals surface area (Å²) in [4.78, 5) is 10.9. The average molecular weight is 269 g/mol. The van der Waals surface area contributed by atoms with Crippen molar-refractivity contribution in [2.24, 2.45) is 5.41 Å². The molecule has 0 heterocycles. The zero-order valence-electron chi connectivity index (χ0n) is 11.9. The van der Waals surface area contributed by atoms with Crippen LogP contribution < -0.4 is 10.1 Å². The van der Waals surface area contributed by atoms with Gasteiger partial charge in [-0.2, -0.15) is 0 Å². The van der Waals surface area contributed by atoms with Crippen molar-refractivity contribution in [1.82, 2.24) is 5.32 Å². The van der Waals surface area contributed by atoms with Crippen LogP contribution in [0.15, 0.2) is 18.2 Å². The van der Waals surface area contributed by atoms with Gasteiger partial charge in [0.1, 0.15) is 11.6 Å². The van der Waals surface area contributed by atoms with Crippen LogP contribution in [0.2, 0.25) is 0 Å². The molecular weight excluding hydrogens is 249 g/mol. The zero-order chi connectivity index (χ0) is 14.8. The van der Waals surface area contributed by atoms with Gasteiger partial charge in [-0.05, 0) is 26.0 Å². The van der Waals surface area contributed by atoms with Crippen molar-refractivity contribution < 1.29 is 19.0 Å². The molecule has 1 aromatic carbocycles. The molecule has 0 aliphatic rings. The molecule has 0 aliphatic heterocycles.